The van der Waals surface area contributed by atoms with Crippen molar-refractivity contribution in [2.75, 3.05) is 13.2 Å². The summed E-state index contributed by atoms with van der Waals surface area (Å²) in [6.07, 6.45) is -1.79. The third kappa shape index (κ3) is 7.53. The summed E-state index contributed by atoms with van der Waals surface area (Å²) in [7, 11) is 0. The molecule has 0 spiro atoms. The first-order chi connectivity index (χ1) is 15.1. The number of aromatic nitrogens is 1. The van der Waals surface area contributed by atoms with E-state index in [1.165, 1.54) is 11.3 Å². The second-order valence-corrected chi connectivity index (χ2v) is 8.03. The molecular formula is C20H24F3N3O5S. The molecule has 3 rings (SSSR count). The Hall–Kier alpha value is -2.57. The Morgan fingerprint density at radius 3 is 2.53 bits per heavy atom. The molecule has 1 aliphatic heterocycles. The number of thiazole rings is 1. The number of nitrogens with one attached hydrogen (secondary N) is 1. The maximum atomic E-state index is 12.9. The summed E-state index contributed by atoms with van der Waals surface area (Å²) >= 11 is 1.36. The predicted molar refractivity (Wildman–Crippen MR) is 111 cm³/mol. The summed E-state index contributed by atoms with van der Waals surface area (Å²) in [4.78, 5) is 38.6. The van der Waals surface area contributed by atoms with E-state index in [1.807, 2.05) is 24.3 Å². The number of carbonyl (C=O) groups is 3. The van der Waals surface area contributed by atoms with Gasteiger partial charge in [-0.1, -0.05) is 12.1 Å². The maximum Gasteiger partial charge on any atom is 0.490 e. The average Bonchev–Trinajstić information content (AvgIpc) is 3.42. The molecule has 1 aromatic carbocycles. The largest absolute Gasteiger partial charge is 0.490 e. The molecule has 32 heavy (non-hydrogen) atoms. The van der Waals surface area contributed by atoms with E-state index in [2.05, 4.69) is 10.3 Å². The molecule has 2 heterocycles. The fourth-order valence-electron chi connectivity index (χ4n) is 2.94. The van der Waals surface area contributed by atoms with Crippen molar-refractivity contribution >= 4 is 39.2 Å². The number of rotatable bonds is 8. The van der Waals surface area contributed by atoms with Crippen LogP contribution < -0.4 is 11.1 Å². The van der Waals surface area contributed by atoms with Gasteiger partial charge in [-0.3, -0.25) is 9.59 Å². The molecule has 176 valence electrons. The summed E-state index contributed by atoms with van der Waals surface area (Å²) in [6.45, 7) is 1.17. The van der Waals surface area contributed by atoms with Gasteiger partial charge in [-0.15, -0.1) is 11.3 Å². The SMILES string of the molecule is NCCCCC(NC(=O)C1CCCO1)C(=O)c1nc2ccccc2s1.O=C(O)C(F)(F)F. The van der Waals surface area contributed by atoms with Gasteiger partial charge in [0, 0.05) is 6.61 Å². The number of hydrogen-bond acceptors (Lipinski definition) is 7. The number of hydrogen-bond donors (Lipinski definition) is 3. The van der Waals surface area contributed by atoms with Crippen LogP contribution in [0.25, 0.3) is 10.2 Å². The predicted octanol–water partition coefficient (Wildman–Crippen LogP) is 2.91. The van der Waals surface area contributed by atoms with Crippen molar-refractivity contribution in [3.8, 4) is 0 Å². The molecule has 4 N–H and O–H groups in total. The summed E-state index contributed by atoms with van der Waals surface area (Å²) < 4.78 is 38.1. The number of benzene rings is 1. The second-order valence-electron chi connectivity index (χ2n) is 7.00. The number of nitrogens with two attached hydrogens (primary N) is 1. The number of alkyl halides is 3. The number of halogens is 3. The second kappa shape index (κ2) is 11.9. The average molecular weight is 475 g/mol. The smallest absolute Gasteiger partial charge is 0.475 e. The molecule has 8 nitrogen and oxygen atoms in total. The minimum Gasteiger partial charge on any atom is -0.475 e. The number of unbranched alkanes of at least 4 members (excludes halogenated alkanes) is 1. The fraction of sp³-hybridized carbons (Fsp3) is 0.500. The lowest BCUT2D eigenvalue weighted by Gasteiger charge is -2.18. The standard InChI is InChI=1S/C18H23N3O3S.C2HF3O2/c19-10-4-3-7-13(20-17(23)14-8-5-11-24-14)16(22)18-21-12-6-1-2-9-15(12)25-18;3-2(4,5)1(6)7/h1-2,6,9,13-14H,3-5,7-8,10-11,19H2,(H,20,23);(H,6,7). The minimum atomic E-state index is -5.08. The van der Waals surface area contributed by atoms with Gasteiger partial charge in [-0.05, 0) is 50.8 Å². The van der Waals surface area contributed by atoms with Crippen molar-refractivity contribution < 1.29 is 37.4 Å². The van der Waals surface area contributed by atoms with Gasteiger partial charge in [-0.25, -0.2) is 9.78 Å². The lowest BCUT2D eigenvalue weighted by Crippen LogP contribution is -2.45. The summed E-state index contributed by atoms with van der Waals surface area (Å²) in [5.74, 6) is -3.10. The Balaban J connectivity index is 0.000000451. The number of amides is 1. The van der Waals surface area contributed by atoms with Crippen molar-refractivity contribution in [2.24, 2.45) is 5.73 Å². The fourth-order valence-corrected chi connectivity index (χ4v) is 3.90. The third-order valence-corrected chi connectivity index (χ3v) is 5.60. The van der Waals surface area contributed by atoms with E-state index in [9.17, 15) is 22.8 Å². The van der Waals surface area contributed by atoms with E-state index < -0.39 is 24.3 Å². The van der Waals surface area contributed by atoms with Gasteiger partial charge in [0.1, 0.15) is 6.10 Å². The van der Waals surface area contributed by atoms with Crippen molar-refractivity contribution in [3.05, 3.63) is 29.3 Å². The topological polar surface area (TPSA) is 132 Å². The molecule has 0 radical (unpaired) electrons. The molecule has 1 amide bonds. The van der Waals surface area contributed by atoms with Crippen LogP contribution in [0.15, 0.2) is 24.3 Å². The zero-order valence-electron chi connectivity index (χ0n) is 17.1. The van der Waals surface area contributed by atoms with Crippen LogP contribution in [-0.4, -0.2) is 59.2 Å². The van der Waals surface area contributed by atoms with E-state index in [0.717, 1.165) is 29.5 Å². The summed E-state index contributed by atoms with van der Waals surface area (Å²) in [6, 6.07) is 7.07. The number of ketones is 1. The van der Waals surface area contributed by atoms with Crippen LogP contribution in [0.5, 0.6) is 0 Å². The normalized spacial score (nSPS) is 16.8. The number of carbonyl (C=O) groups excluding carboxylic acids is 2. The molecular weight excluding hydrogens is 451 g/mol. The van der Waals surface area contributed by atoms with Gasteiger partial charge < -0.3 is 20.9 Å². The number of aliphatic carboxylic acids is 1. The maximum absolute atomic E-state index is 12.9. The molecule has 2 unspecified atom stereocenters. The van der Waals surface area contributed by atoms with Crippen LogP contribution in [0.1, 0.15) is 41.9 Å². The summed E-state index contributed by atoms with van der Waals surface area (Å²) in [5.41, 5.74) is 6.36. The molecule has 0 saturated carbocycles. The number of para-hydroxylation sites is 1. The van der Waals surface area contributed by atoms with Crippen molar-refractivity contribution in [1.29, 1.82) is 0 Å². The van der Waals surface area contributed by atoms with Crippen LogP contribution in [0.3, 0.4) is 0 Å². The number of carboxylic acid groups (broad SMARTS) is 1. The highest BCUT2D eigenvalue weighted by molar-refractivity contribution is 7.20. The Morgan fingerprint density at radius 1 is 1.28 bits per heavy atom. The van der Waals surface area contributed by atoms with Crippen molar-refractivity contribution in [3.63, 3.8) is 0 Å². The van der Waals surface area contributed by atoms with E-state index in [4.69, 9.17) is 20.4 Å². The number of ether oxygens (including phenoxy) is 1. The zero-order valence-corrected chi connectivity index (χ0v) is 17.9. The number of carboxylic acids is 1. The van der Waals surface area contributed by atoms with E-state index in [-0.39, 0.29) is 11.7 Å². The summed E-state index contributed by atoms with van der Waals surface area (Å²) in [5, 5.41) is 10.4. The number of fused-ring (bicyclic) bond motifs is 1. The zero-order chi connectivity index (χ0) is 23.7. The molecule has 2 atom stereocenters. The van der Waals surface area contributed by atoms with Crippen LogP contribution in [-0.2, 0) is 14.3 Å². The molecule has 1 fully saturated rings. The van der Waals surface area contributed by atoms with E-state index >= 15 is 0 Å². The van der Waals surface area contributed by atoms with E-state index in [1.54, 1.807) is 0 Å². The number of Topliss-reactive ketones (excluding diaryl/α,β-unsaturated/α-hetero) is 1. The van der Waals surface area contributed by atoms with Crippen LogP contribution in [0.2, 0.25) is 0 Å². The molecule has 1 aliphatic rings. The van der Waals surface area contributed by atoms with Crippen molar-refractivity contribution in [2.45, 2.75) is 50.4 Å². The third-order valence-electron chi connectivity index (χ3n) is 4.55. The first kappa shape index (κ1) is 25.7. The highest BCUT2D eigenvalue weighted by Gasteiger charge is 2.38. The van der Waals surface area contributed by atoms with Gasteiger partial charge >= 0.3 is 12.1 Å². The minimum absolute atomic E-state index is 0.135. The van der Waals surface area contributed by atoms with Gasteiger partial charge in [-0.2, -0.15) is 13.2 Å². The highest BCUT2D eigenvalue weighted by atomic mass is 32.1. The first-order valence-electron chi connectivity index (χ1n) is 9.95. The molecule has 1 aromatic heterocycles. The van der Waals surface area contributed by atoms with Crippen LogP contribution in [0, 0.1) is 0 Å². The van der Waals surface area contributed by atoms with Crippen LogP contribution >= 0.6 is 11.3 Å². The lowest BCUT2D eigenvalue weighted by atomic mass is 10.0. The van der Waals surface area contributed by atoms with Crippen molar-refractivity contribution in [1.82, 2.24) is 10.3 Å². The van der Waals surface area contributed by atoms with E-state index in [0.29, 0.717) is 31.0 Å². The lowest BCUT2D eigenvalue weighted by molar-refractivity contribution is -0.192. The van der Waals surface area contributed by atoms with Gasteiger partial charge in [0.05, 0.1) is 16.3 Å². The van der Waals surface area contributed by atoms with Gasteiger partial charge in [0.25, 0.3) is 0 Å². The molecule has 1 saturated heterocycles. The molecule has 2 aromatic rings. The number of nitrogens with zero attached hydrogens (tertiary/aromatic N) is 1. The molecule has 12 heteroatoms. The Kier molecular flexibility index (Phi) is 9.54. The molecule has 0 aliphatic carbocycles. The van der Waals surface area contributed by atoms with Crippen LogP contribution in [0.4, 0.5) is 13.2 Å². The molecule has 0 bridgehead atoms. The quantitative estimate of drug-likeness (QED) is 0.395. The monoisotopic (exact) mass is 475 g/mol. The highest BCUT2D eigenvalue weighted by Crippen LogP contribution is 2.23. The Morgan fingerprint density at radius 2 is 1.97 bits per heavy atom. The Labute approximate surface area is 185 Å². The van der Waals surface area contributed by atoms with Gasteiger partial charge in [0.15, 0.2) is 5.01 Å². The Bertz CT molecular complexity index is 896. The van der Waals surface area contributed by atoms with Gasteiger partial charge in [0.2, 0.25) is 11.7 Å². The first-order valence-corrected chi connectivity index (χ1v) is 10.8.